The molecule has 0 aliphatic rings. The van der Waals surface area contributed by atoms with Gasteiger partial charge in [0, 0.05) is 29.5 Å². The van der Waals surface area contributed by atoms with Gasteiger partial charge in [-0.2, -0.15) is 5.10 Å². The van der Waals surface area contributed by atoms with Crippen LogP contribution in [0.15, 0.2) is 30.5 Å². The Morgan fingerprint density at radius 2 is 2.10 bits per heavy atom. The number of amides is 2. The van der Waals surface area contributed by atoms with E-state index in [0.717, 1.165) is 22.5 Å². The summed E-state index contributed by atoms with van der Waals surface area (Å²) in [6.07, 6.45) is 1.70. The zero-order chi connectivity index (χ0) is 14.5. The summed E-state index contributed by atoms with van der Waals surface area (Å²) in [5.74, 6) is 0. The van der Waals surface area contributed by atoms with E-state index >= 15 is 0 Å². The summed E-state index contributed by atoms with van der Waals surface area (Å²) in [6.45, 7) is 4.27. The molecule has 0 aliphatic heterocycles. The number of H-pyrrole nitrogens is 1. The van der Waals surface area contributed by atoms with Crippen molar-refractivity contribution in [2.75, 3.05) is 5.32 Å². The second kappa shape index (κ2) is 6.21. The SMILES string of the molecule is Cc1[nH]ncc1CNC(=O)Nc1ccc(C(C)N)cc1. The lowest BCUT2D eigenvalue weighted by Crippen LogP contribution is -2.28. The number of anilines is 1. The van der Waals surface area contributed by atoms with Crippen LogP contribution in [0.4, 0.5) is 10.5 Å². The van der Waals surface area contributed by atoms with Gasteiger partial charge in [0.2, 0.25) is 0 Å². The highest BCUT2D eigenvalue weighted by molar-refractivity contribution is 5.89. The van der Waals surface area contributed by atoms with Crippen molar-refractivity contribution >= 4 is 11.7 Å². The predicted octanol–water partition coefficient (Wildman–Crippen LogP) is 2.06. The lowest BCUT2D eigenvalue weighted by Gasteiger charge is -2.09. The Morgan fingerprint density at radius 3 is 2.65 bits per heavy atom. The minimum Gasteiger partial charge on any atom is -0.334 e. The van der Waals surface area contributed by atoms with Crippen LogP contribution in [-0.4, -0.2) is 16.2 Å². The van der Waals surface area contributed by atoms with Crippen LogP contribution in [0.1, 0.15) is 29.8 Å². The van der Waals surface area contributed by atoms with Gasteiger partial charge in [-0.3, -0.25) is 5.10 Å². The number of carbonyl (C=O) groups is 1. The van der Waals surface area contributed by atoms with Crippen LogP contribution < -0.4 is 16.4 Å². The van der Waals surface area contributed by atoms with Gasteiger partial charge in [-0.25, -0.2) is 4.79 Å². The van der Waals surface area contributed by atoms with Gasteiger partial charge >= 0.3 is 6.03 Å². The summed E-state index contributed by atoms with van der Waals surface area (Å²) in [6, 6.07) is 7.21. The Labute approximate surface area is 117 Å². The van der Waals surface area contributed by atoms with Gasteiger partial charge in [0.25, 0.3) is 0 Å². The molecule has 1 unspecified atom stereocenters. The first-order chi connectivity index (χ1) is 9.56. The van der Waals surface area contributed by atoms with Gasteiger partial charge in [-0.05, 0) is 31.5 Å². The average molecular weight is 273 g/mol. The van der Waals surface area contributed by atoms with Crippen LogP contribution >= 0.6 is 0 Å². The second-order valence-corrected chi connectivity index (χ2v) is 4.74. The van der Waals surface area contributed by atoms with Crippen molar-refractivity contribution in [2.45, 2.75) is 26.4 Å². The number of aromatic nitrogens is 2. The van der Waals surface area contributed by atoms with Crippen LogP contribution in [-0.2, 0) is 6.54 Å². The first-order valence-corrected chi connectivity index (χ1v) is 6.45. The van der Waals surface area contributed by atoms with Gasteiger partial charge in [0.15, 0.2) is 0 Å². The highest BCUT2D eigenvalue weighted by atomic mass is 16.2. The van der Waals surface area contributed by atoms with Crippen molar-refractivity contribution in [1.29, 1.82) is 0 Å². The fraction of sp³-hybridized carbons (Fsp3) is 0.286. The Morgan fingerprint density at radius 1 is 1.40 bits per heavy atom. The van der Waals surface area contributed by atoms with E-state index in [0.29, 0.717) is 6.54 Å². The molecule has 1 atom stereocenters. The van der Waals surface area contributed by atoms with E-state index in [4.69, 9.17) is 5.73 Å². The number of benzene rings is 1. The maximum Gasteiger partial charge on any atom is 0.319 e. The molecule has 0 spiro atoms. The number of nitrogens with one attached hydrogen (secondary N) is 3. The molecular weight excluding hydrogens is 254 g/mol. The summed E-state index contributed by atoms with van der Waals surface area (Å²) in [5, 5.41) is 12.3. The highest BCUT2D eigenvalue weighted by Gasteiger charge is 2.05. The third-order valence-electron chi connectivity index (χ3n) is 3.07. The first-order valence-electron chi connectivity index (χ1n) is 6.45. The zero-order valence-electron chi connectivity index (χ0n) is 11.6. The van der Waals surface area contributed by atoms with E-state index in [1.807, 2.05) is 38.1 Å². The van der Waals surface area contributed by atoms with Crippen molar-refractivity contribution in [3.8, 4) is 0 Å². The molecular formula is C14H19N5O. The average Bonchev–Trinajstić information content (AvgIpc) is 2.82. The van der Waals surface area contributed by atoms with Gasteiger partial charge in [-0.15, -0.1) is 0 Å². The third-order valence-corrected chi connectivity index (χ3v) is 3.07. The number of hydrogen-bond donors (Lipinski definition) is 4. The summed E-state index contributed by atoms with van der Waals surface area (Å²) in [4.78, 5) is 11.8. The number of hydrogen-bond acceptors (Lipinski definition) is 3. The van der Waals surface area contributed by atoms with Gasteiger partial charge < -0.3 is 16.4 Å². The maximum absolute atomic E-state index is 11.8. The number of urea groups is 1. The fourth-order valence-corrected chi connectivity index (χ4v) is 1.77. The van der Waals surface area contributed by atoms with E-state index in [9.17, 15) is 4.79 Å². The second-order valence-electron chi connectivity index (χ2n) is 4.74. The molecule has 0 saturated heterocycles. The minimum atomic E-state index is -0.251. The quantitative estimate of drug-likeness (QED) is 0.686. The molecule has 20 heavy (non-hydrogen) atoms. The zero-order valence-corrected chi connectivity index (χ0v) is 11.6. The Kier molecular flexibility index (Phi) is 4.37. The number of aromatic amines is 1. The van der Waals surface area contributed by atoms with Crippen molar-refractivity contribution in [2.24, 2.45) is 5.73 Å². The van der Waals surface area contributed by atoms with Gasteiger partial charge in [-0.1, -0.05) is 12.1 Å². The number of rotatable bonds is 4. The summed E-state index contributed by atoms with van der Waals surface area (Å²) < 4.78 is 0. The largest absolute Gasteiger partial charge is 0.334 e. The van der Waals surface area contributed by atoms with E-state index < -0.39 is 0 Å². The molecule has 0 fully saturated rings. The number of carbonyl (C=O) groups excluding carboxylic acids is 1. The normalized spacial score (nSPS) is 11.9. The number of nitrogens with two attached hydrogens (primary N) is 1. The lowest BCUT2D eigenvalue weighted by atomic mass is 10.1. The molecule has 2 aromatic rings. The monoisotopic (exact) mass is 273 g/mol. The molecule has 0 aliphatic carbocycles. The Balaban J connectivity index is 1.86. The van der Waals surface area contributed by atoms with Crippen LogP contribution in [0, 0.1) is 6.92 Å². The molecule has 1 aromatic heterocycles. The molecule has 2 amide bonds. The Bertz CT molecular complexity index is 574. The van der Waals surface area contributed by atoms with E-state index in [1.165, 1.54) is 0 Å². The minimum absolute atomic E-state index is 0.0121. The molecule has 106 valence electrons. The molecule has 2 rings (SSSR count). The standard InChI is InChI=1S/C14H19N5O/c1-9(15)11-3-5-13(6-4-11)18-14(20)16-7-12-8-17-19-10(12)2/h3-6,8-9H,7,15H2,1-2H3,(H,17,19)(H2,16,18,20). The Hall–Kier alpha value is -2.34. The van der Waals surface area contributed by atoms with Crippen LogP contribution in [0.25, 0.3) is 0 Å². The van der Waals surface area contributed by atoms with Crippen molar-refractivity contribution in [3.05, 3.63) is 47.3 Å². The molecule has 0 bridgehead atoms. The summed E-state index contributed by atoms with van der Waals surface area (Å²) in [5.41, 5.74) is 9.45. The lowest BCUT2D eigenvalue weighted by molar-refractivity contribution is 0.251. The first kappa shape index (κ1) is 14.1. The van der Waals surface area contributed by atoms with Crippen LogP contribution in [0.2, 0.25) is 0 Å². The van der Waals surface area contributed by atoms with Crippen LogP contribution in [0.5, 0.6) is 0 Å². The third kappa shape index (κ3) is 3.58. The number of nitrogens with zero attached hydrogens (tertiary/aromatic N) is 1. The van der Waals surface area contributed by atoms with Crippen molar-refractivity contribution in [1.82, 2.24) is 15.5 Å². The molecule has 5 N–H and O–H groups in total. The predicted molar refractivity (Wildman–Crippen MR) is 78.2 cm³/mol. The smallest absolute Gasteiger partial charge is 0.319 e. The van der Waals surface area contributed by atoms with Crippen molar-refractivity contribution < 1.29 is 4.79 Å². The fourth-order valence-electron chi connectivity index (χ4n) is 1.77. The van der Waals surface area contributed by atoms with E-state index in [2.05, 4.69) is 20.8 Å². The molecule has 6 nitrogen and oxygen atoms in total. The van der Waals surface area contributed by atoms with E-state index in [-0.39, 0.29) is 12.1 Å². The van der Waals surface area contributed by atoms with Gasteiger partial charge in [0.05, 0.1) is 6.20 Å². The molecule has 1 aromatic carbocycles. The van der Waals surface area contributed by atoms with E-state index in [1.54, 1.807) is 6.20 Å². The van der Waals surface area contributed by atoms with Crippen LogP contribution in [0.3, 0.4) is 0 Å². The highest BCUT2D eigenvalue weighted by Crippen LogP contribution is 2.14. The molecule has 0 radical (unpaired) electrons. The number of aryl methyl sites for hydroxylation is 1. The summed E-state index contributed by atoms with van der Waals surface area (Å²) in [7, 11) is 0. The van der Waals surface area contributed by atoms with Gasteiger partial charge in [0.1, 0.15) is 0 Å². The molecule has 1 heterocycles. The van der Waals surface area contributed by atoms with Crippen molar-refractivity contribution in [3.63, 3.8) is 0 Å². The molecule has 6 heteroatoms. The summed E-state index contributed by atoms with van der Waals surface area (Å²) >= 11 is 0. The molecule has 0 saturated carbocycles. The topological polar surface area (TPSA) is 95.8 Å². The maximum atomic E-state index is 11.8.